The molecule has 33 heavy (non-hydrogen) atoms. The van der Waals surface area contributed by atoms with Crippen LogP contribution in [0.1, 0.15) is 33.1 Å². The summed E-state index contributed by atoms with van der Waals surface area (Å²) >= 11 is 3.04. The van der Waals surface area contributed by atoms with E-state index >= 15 is 0 Å². The summed E-state index contributed by atoms with van der Waals surface area (Å²) in [5, 5.41) is 9.17. The second kappa shape index (κ2) is 10.6. The lowest BCUT2D eigenvalue weighted by molar-refractivity contribution is -0.111. The van der Waals surface area contributed by atoms with Crippen molar-refractivity contribution >= 4 is 51.4 Å². The maximum Gasteiger partial charge on any atom is 0.407 e. The van der Waals surface area contributed by atoms with Crippen molar-refractivity contribution in [3.05, 3.63) is 62.7 Å². The third-order valence-electron chi connectivity index (χ3n) is 5.29. The maximum atomic E-state index is 12.3. The molecule has 0 spiro atoms. The average Bonchev–Trinajstić information content (AvgIpc) is 3.38. The van der Waals surface area contributed by atoms with Crippen LogP contribution in [0.2, 0.25) is 0 Å². The number of anilines is 2. The predicted octanol–water partition coefficient (Wildman–Crippen LogP) is 4.17. The second-order valence-electron chi connectivity index (χ2n) is 7.77. The van der Waals surface area contributed by atoms with Crippen LogP contribution in [0.5, 0.6) is 0 Å². The third kappa shape index (κ3) is 6.17. The Labute approximate surface area is 199 Å². The van der Waals surface area contributed by atoms with Crippen LogP contribution in [0, 0.1) is 12.8 Å². The topological polar surface area (TPSA) is 119 Å². The molecule has 0 saturated carbocycles. The zero-order valence-corrected chi connectivity index (χ0v) is 19.8. The number of aromatic nitrogens is 2. The first-order valence-electron chi connectivity index (χ1n) is 10.6. The number of carbonyl (C=O) groups excluding carboxylic acids is 2. The molecule has 1 unspecified atom stereocenters. The highest BCUT2D eigenvalue weighted by Gasteiger charge is 2.26. The Balaban J connectivity index is 1.27. The number of alkyl carbamates (subject to hydrolysis) is 1. The van der Waals surface area contributed by atoms with E-state index in [-0.39, 0.29) is 11.8 Å². The third-order valence-corrected chi connectivity index (χ3v) is 7.29. The van der Waals surface area contributed by atoms with Crippen molar-refractivity contribution in [1.29, 1.82) is 0 Å². The van der Waals surface area contributed by atoms with Gasteiger partial charge in [-0.2, -0.15) is 0 Å². The van der Waals surface area contributed by atoms with E-state index in [1.54, 1.807) is 29.8 Å². The van der Waals surface area contributed by atoms with Crippen molar-refractivity contribution in [3.63, 3.8) is 0 Å². The minimum absolute atomic E-state index is 0.219. The van der Waals surface area contributed by atoms with Crippen molar-refractivity contribution in [3.8, 4) is 0 Å². The van der Waals surface area contributed by atoms with Crippen molar-refractivity contribution in [2.45, 2.75) is 32.7 Å². The molecule has 172 valence electrons. The van der Waals surface area contributed by atoms with Gasteiger partial charge in [0.15, 0.2) is 0 Å². The number of thiazole rings is 1. The van der Waals surface area contributed by atoms with Gasteiger partial charge in [0.05, 0.1) is 29.5 Å². The highest BCUT2D eigenvalue weighted by Crippen LogP contribution is 2.41. The molecular formula is C23H25N5O3S2. The summed E-state index contributed by atoms with van der Waals surface area (Å²) in [6.45, 7) is 2.63. The predicted molar refractivity (Wildman–Crippen MR) is 131 cm³/mol. The van der Waals surface area contributed by atoms with E-state index in [0.717, 1.165) is 46.0 Å². The molecule has 0 fully saturated rings. The molecule has 0 bridgehead atoms. The number of nitrogens with two attached hydrogens (primary N) is 1. The summed E-state index contributed by atoms with van der Waals surface area (Å²) in [5.41, 5.74) is 9.70. The second-order valence-corrected chi connectivity index (χ2v) is 9.94. The van der Waals surface area contributed by atoms with E-state index in [4.69, 9.17) is 10.5 Å². The number of ether oxygens (including phenoxy) is 1. The van der Waals surface area contributed by atoms with E-state index in [1.165, 1.54) is 17.4 Å². The number of pyridine rings is 1. The van der Waals surface area contributed by atoms with Crippen LogP contribution in [0.3, 0.4) is 0 Å². The fourth-order valence-corrected chi connectivity index (χ4v) is 5.51. The van der Waals surface area contributed by atoms with Crippen LogP contribution < -0.4 is 16.4 Å². The lowest BCUT2D eigenvalue weighted by atomic mass is 9.89. The van der Waals surface area contributed by atoms with Gasteiger partial charge in [0.1, 0.15) is 5.00 Å². The molecule has 0 aliphatic heterocycles. The molecule has 1 atom stereocenters. The van der Waals surface area contributed by atoms with Gasteiger partial charge in [0.2, 0.25) is 5.91 Å². The summed E-state index contributed by atoms with van der Waals surface area (Å²) in [6, 6.07) is 3.69. The first kappa shape index (κ1) is 22.9. The number of nitrogens with one attached hydrogen (secondary N) is 2. The van der Waals surface area contributed by atoms with E-state index < -0.39 is 6.09 Å². The summed E-state index contributed by atoms with van der Waals surface area (Å²) in [4.78, 5) is 33.8. The smallest absolute Gasteiger partial charge is 0.407 e. The number of hydrogen-bond donors (Lipinski definition) is 3. The van der Waals surface area contributed by atoms with Gasteiger partial charge in [-0.1, -0.05) is 6.07 Å². The SMILES string of the molecule is Cc1nc(CNC(=O)OCC2CCc3c(sc(NC(=O)/C=C/c4cccnc4)c3N)C2)cs1. The summed E-state index contributed by atoms with van der Waals surface area (Å²) < 4.78 is 5.42. The first-order chi connectivity index (χ1) is 16.0. The Bertz CT molecular complexity index is 1160. The fraction of sp³-hybridized carbons (Fsp3) is 0.304. The van der Waals surface area contributed by atoms with Crippen molar-refractivity contribution in [2.75, 3.05) is 17.7 Å². The van der Waals surface area contributed by atoms with Crippen LogP contribution in [0.4, 0.5) is 15.5 Å². The zero-order valence-electron chi connectivity index (χ0n) is 18.2. The van der Waals surface area contributed by atoms with Crippen LogP contribution in [0.15, 0.2) is 36.0 Å². The molecule has 2 amide bonds. The number of amides is 2. The lowest BCUT2D eigenvalue weighted by Gasteiger charge is -2.22. The van der Waals surface area contributed by atoms with E-state index in [0.29, 0.717) is 23.8 Å². The monoisotopic (exact) mass is 483 g/mol. The molecule has 3 aromatic heterocycles. The molecule has 1 aliphatic carbocycles. The maximum absolute atomic E-state index is 12.3. The van der Waals surface area contributed by atoms with Crippen molar-refractivity contribution < 1.29 is 14.3 Å². The van der Waals surface area contributed by atoms with Crippen molar-refractivity contribution in [2.24, 2.45) is 5.92 Å². The minimum atomic E-state index is -0.439. The number of hydrogen-bond acceptors (Lipinski definition) is 8. The molecule has 3 heterocycles. The molecule has 3 aromatic rings. The standard InChI is InChI=1S/C23H25N5O3S2/c1-14-27-17(13-32-14)11-26-23(30)31-12-16-4-6-18-19(9-16)33-22(21(18)24)28-20(29)7-5-15-3-2-8-25-10-15/h2-3,5,7-8,10,13,16H,4,6,9,11-12,24H2,1H3,(H,26,30)(H,28,29)/b7-5+. The Morgan fingerprint density at radius 2 is 2.27 bits per heavy atom. The summed E-state index contributed by atoms with van der Waals surface area (Å²) in [6.07, 6.45) is 8.55. The molecule has 0 radical (unpaired) electrons. The van der Waals surface area contributed by atoms with Gasteiger partial charge in [-0.15, -0.1) is 22.7 Å². The van der Waals surface area contributed by atoms with Crippen LogP contribution in [0.25, 0.3) is 6.08 Å². The number of carbonyl (C=O) groups is 2. The van der Waals surface area contributed by atoms with Crippen LogP contribution in [-0.4, -0.2) is 28.6 Å². The van der Waals surface area contributed by atoms with Gasteiger partial charge in [-0.3, -0.25) is 9.78 Å². The Morgan fingerprint density at radius 1 is 1.39 bits per heavy atom. The average molecular weight is 484 g/mol. The highest BCUT2D eigenvalue weighted by atomic mass is 32.1. The molecule has 10 heteroatoms. The normalized spacial score (nSPS) is 15.2. The van der Waals surface area contributed by atoms with Gasteiger partial charge >= 0.3 is 6.09 Å². The number of nitrogen functional groups attached to an aromatic ring is 1. The van der Waals surface area contributed by atoms with Gasteiger partial charge < -0.3 is 21.1 Å². The fourth-order valence-electron chi connectivity index (χ4n) is 3.61. The summed E-state index contributed by atoms with van der Waals surface area (Å²) in [7, 11) is 0. The first-order valence-corrected chi connectivity index (χ1v) is 12.3. The number of fused-ring (bicyclic) bond motifs is 1. The van der Waals surface area contributed by atoms with Gasteiger partial charge in [0.25, 0.3) is 0 Å². The highest BCUT2D eigenvalue weighted by molar-refractivity contribution is 7.17. The number of thiophene rings is 1. The Morgan fingerprint density at radius 3 is 3.03 bits per heavy atom. The quantitative estimate of drug-likeness (QED) is 0.434. The Hall–Kier alpha value is -3.24. The minimum Gasteiger partial charge on any atom is -0.449 e. The van der Waals surface area contributed by atoms with Crippen LogP contribution >= 0.6 is 22.7 Å². The molecule has 4 N–H and O–H groups in total. The van der Waals surface area contributed by atoms with E-state index in [9.17, 15) is 9.59 Å². The molecule has 4 rings (SSSR count). The number of nitrogens with zero attached hydrogens (tertiary/aromatic N) is 2. The molecule has 1 aliphatic rings. The van der Waals surface area contributed by atoms with E-state index in [2.05, 4.69) is 20.6 Å². The lowest BCUT2D eigenvalue weighted by Crippen LogP contribution is -2.27. The van der Waals surface area contributed by atoms with Crippen LogP contribution in [-0.2, 0) is 28.9 Å². The Kier molecular flexibility index (Phi) is 7.36. The van der Waals surface area contributed by atoms with Gasteiger partial charge in [0, 0.05) is 28.7 Å². The molecular weight excluding hydrogens is 458 g/mol. The molecule has 0 aromatic carbocycles. The zero-order chi connectivity index (χ0) is 23.2. The summed E-state index contributed by atoms with van der Waals surface area (Å²) in [5.74, 6) is -0.0205. The van der Waals surface area contributed by atoms with E-state index in [1.807, 2.05) is 24.4 Å². The largest absolute Gasteiger partial charge is 0.449 e. The molecule has 0 saturated heterocycles. The van der Waals surface area contributed by atoms with Gasteiger partial charge in [-0.05, 0) is 55.4 Å². The molecule has 8 nitrogen and oxygen atoms in total. The number of aryl methyl sites for hydroxylation is 1. The van der Waals surface area contributed by atoms with Crippen molar-refractivity contribution in [1.82, 2.24) is 15.3 Å². The number of rotatable bonds is 7. The van der Waals surface area contributed by atoms with Gasteiger partial charge in [-0.25, -0.2) is 9.78 Å².